The number of nitrogens with zero attached hydrogens (tertiary/aromatic N) is 1. The van der Waals surface area contributed by atoms with Gasteiger partial charge in [-0.15, -0.1) is 11.8 Å². The molecule has 7 atom stereocenters. The average Bonchev–Trinajstić information content (AvgIpc) is 3.60. The van der Waals surface area contributed by atoms with Crippen molar-refractivity contribution >= 4 is 40.6 Å². The standard InChI is InChI=1S/C27H24N2O5S2/c1-2-34-17-10-12(8-9-16(17)30)18-19-14-11-15(22(19)35-24-23(18)36-27(33)28-24)21-20(14)25(31)29(26(21)32)13-6-4-3-5-7-13/h3-10,14-15,18-22,30H,2,11H2,1H3,(H,28,33)/t14-,15+,18+,19+,20+,21+,22+/m0/s1. The van der Waals surface area contributed by atoms with Crippen molar-refractivity contribution in [2.45, 2.75) is 29.5 Å². The zero-order chi connectivity index (χ0) is 24.7. The summed E-state index contributed by atoms with van der Waals surface area (Å²) in [7, 11) is 0. The average molecular weight is 521 g/mol. The van der Waals surface area contributed by atoms with E-state index in [4.69, 9.17) is 4.74 Å². The van der Waals surface area contributed by atoms with E-state index in [1.165, 1.54) is 16.2 Å². The number of para-hydroxylation sites is 1. The number of phenolic OH excluding ortho intramolecular Hbond substituents is 1. The number of hydrogen-bond donors (Lipinski definition) is 2. The number of aromatic nitrogens is 1. The van der Waals surface area contributed by atoms with Crippen LogP contribution in [0.1, 0.15) is 29.7 Å². The molecule has 9 heteroatoms. The van der Waals surface area contributed by atoms with Crippen LogP contribution in [0.4, 0.5) is 5.69 Å². The Bertz CT molecular complexity index is 1450. The SMILES string of the molecule is CCOc1cc([C@H]2c3sc(=O)[nH]c3S[C@@H]3[C@@H]4C[C@H]([C@H]5C(=O)N(c6ccccc6)C(=O)[C@H]45)[C@H]23)ccc1O. The van der Waals surface area contributed by atoms with Gasteiger partial charge in [0, 0.05) is 16.0 Å². The molecule has 7 rings (SSSR count). The van der Waals surface area contributed by atoms with Gasteiger partial charge in [0.25, 0.3) is 0 Å². The van der Waals surface area contributed by atoms with Crippen LogP contribution in [0.25, 0.3) is 0 Å². The number of imide groups is 1. The molecule has 3 aromatic rings. The van der Waals surface area contributed by atoms with E-state index in [-0.39, 0.29) is 63.2 Å². The van der Waals surface area contributed by atoms with E-state index >= 15 is 0 Å². The summed E-state index contributed by atoms with van der Waals surface area (Å²) in [4.78, 5) is 45.1. The summed E-state index contributed by atoms with van der Waals surface area (Å²) in [6.45, 7) is 2.29. The van der Waals surface area contributed by atoms with Crippen LogP contribution in [0.15, 0.2) is 58.4 Å². The third-order valence-electron chi connectivity index (χ3n) is 8.38. The molecule has 1 aromatic heterocycles. The van der Waals surface area contributed by atoms with Gasteiger partial charge in [-0.25, -0.2) is 0 Å². The van der Waals surface area contributed by atoms with E-state index in [2.05, 4.69) is 4.98 Å². The van der Waals surface area contributed by atoms with Gasteiger partial charge in [-0.2, -0.15) is 0 Å². The monoisotopic (exact) mass is 520 g/mol. The maximum atomic E-state index is 13.7. The Morgan fingerprint density at radius 3 is 2.56 bits per heavy atom. The predicted octanol–water partition coefficient (Wildman–Crippen LogP) is 4.22. The molecule has 0 unspecified atom stereocenters. The van der Waals surface area contributed by atoms with Crippen LogP contribution in [0, 0.1) is 29.6 Å². The normalized spacial score (nSPS) is 31.9. The highest BCUT2D eigenvalue weighted by molar-refractivity contribution is 8.00. The number of aromatic amines is 1. The van der Waals surface area contributed by atoms with Crippen LogP contribution < -0.4 is 14.5 Å². The molecule has 2 aromatic carbocycles. The smallest absolute Gasteiger partial charge is 0.305 e. The second-order valence-corrected chi connectivity index (χ2v) is 12.2. The van der Waals surface area contributed by atoms with Crippen molar-refractivity contribution < 1.29 is 19.4 Å². The van der Waals surface area contributed by atoms with Gasteiger partial charge in [0.15, 0.2) is 11.5 Å². The number of fused-ring (bicyclic) bond motifs is 9. The lowest BCUT2D eigenvalue weighted by molar-refractivity contribution is -0.123. The van der Waals surface area contributed by atoms with Gasteiger partial charge in [0.2, 0.25) is 11.8 Å². The van der Waals surface area contributed by atoms with Gasteiger partial charge in [-0.3, -0.25) is 19.3 Å². The number of benzene rings is 2. The number of amides is 2. The van der Waals surface area contributed by atoms with E-state index in [1.807, 2.05) is 49.4 Å². The van der Waals surface area contributed by atoms with E-state index in [0.29, 0.717) is 18.0 Å². The first-order valence-electron chi connectivity index (χ1n) is 12.3. The van der Waals surface area contributed by atoms with Crippen LogP contribution in [-0.4, -0.2) is 33.8 Å². The number of carbonyl (C=O) groups excluding carboxylic acids is 2. The minimum Gasteiger partial charge on any atom is -0.504 e. The molecule has 0 spiro atoms. The van der Waals surface area contributed by atoms with Crippen molar-refractivity contribution in [3.63, 3.8) is 0 Å². The first-order chi connectivity index (χ1) is 17.5. The highest BCUT2D eigenvalue weighted by Gasteiger charge is 2.69. The molecule has 2 N–H and O–H groups in total. The van der Waals surface area contributed by atoms with Crippen molar-refractivity contribution in [2.75, 3.05) is 11.5 Å². The molecule has 3 fully saturated rings. The summed E-state index contributed by atoms with van der Waals surface area (Å²) in [6.07, 6.45) is 0.837. The molecule has 7 nitrogen and oxygen atoms in total. The van der Waals surface area contributed by atoms with Crippen molar-refractivity contribution in [1.29, 1.82) is 0 Å². The van der Waals surface area contributed by atoms with Crippen LogP contribution >= 0.6 is 23.1 Å². The number of ether oxygens (including phenoxy) is 1. The number of H-pyrrole nitrogens is 1. The van der Waals surface area contributed by atoms with E-state index in [0.717, 1.165) is 21.9 Å². The van der Waals surface area contributed by atoms with Gasteiger partial charge in [-0.1, -0.05) is 35.6 Å². The summed E-state index contributed by atoms with van der Waals surface area (Å²) >= 11 is 2.89. The number of anilines is 1. The van der Waals surface area contributed by atoms with Crippen LogP contribution in [-0.2, 0) is 9.59 Å². The number of carbonyl (C=O) groups is 2. The number of aromatic hydroxyl groups is 1. The Morgan fingerprint density at radius 2 is 1.81 bits per heavy atom. The highest BCUT2D eigenvalue weighted by Crippen LogP contribution is 2.68. The fourth-order valence-corrected chi connectivity index (χ4v) is 10.1. The Morgan fingerprint density at radius 1 is 1.06 bits per heavy atom. The number of thiazole rings is 1. The lowest BCUT2D eigenvalue weighted by Crippen LogP contribution is -2.42. The fraction of sp³-hybridized carbons (Fsp3) is 0.370. The summed E-state index contributed by atoms with van der Waals surface area (Å²) in [5.74, 6) is -0.246. The number of rotatable bonds is 4. The lowest BCUT2D eigenvalue weighted by atomic mass is 9.68. The Kier molecular flexibility index (Phi) is 4.92. The van der Waals surface area contributed by atoms with Crippen LogP contribution in [0.3, 0.4) is 0 Å². The van der Waals surface area contributed by atoms with Crippen LogP contribution in [0.2, 0.25) is 0 Å². The molecule has 2 amide bonds. The van der Waals surface area contributed by atoms with E-state index in [1.54, 1.807) is 17.8 Å². The minimum absolute atomic E-state index is 0.0439. The first kappa shape index (κ1) is 22.2. The molecule has 3 heterocycles. The van der Waals surface area contributed by atoms with Gasteiger partial charge in [0.05, 0.1) is 29.2 Å². The molecule has 4 aliphatic rings. The third kappa shape index (κ3) is 2.96. The second-order valence-electron chi connectivity index (χ2n) is 9.97. The molecule has 184 valence electrons. The minimum atomic E-state index is -0.340. The van der Waals surface area contributed by atoms with Gasteiger partial charge >= 0.3 is 4.87 Å². The predicted molar refractivity (Wildman–Crippen MR) is 137 cm³/mol. The molecular formula is C27H24N2O5S2. The Hall–Kier alpha value is -3.04. The highest BCUT2D eigenvalue weighted by atomic mass is 32.2. The zero-order valence-corrected chi connectivity index (χ0v) is 21.1. The van der Waals surface area contributed by atoms with E-state index in [9.17, 15) is 19.5 Å². The topological polar surface area (TPSA) is 99.7 Å². The van der Waals surface area contributed by atoms with Crippen molar-refractivity contribution in [3.8, 4) is 11.5 Å². The second kappa shape index (κ2) is 7.98. The summed E-state index contributed by atoms with van der Waals surface area (Å²) < 4.78 is 5.67. The molecule has 36 heavy (non-hydrogen) atoms. The maximum Gasteiger partial charge on any atom is 0.305 e. The molecule has 2 bridgehead atoms. The van der Waals surface area contributed by atoms with Crippen molar-refractivity contribution in [1.82, 2.24) is 4.98 Å². The molecule has 2 aliphatic carbocycles. The van der Waals surface area contributed by atoms with Gasteiger partial charge in [-0.05, 0) is 60.9 Å². The summed E-state index contributed by atoms with van der Waals surface area (Å²) in [6, 6.07) is 14.6. The van der Waals surface area contributed by atoms with E-state index < -0.39 is 0 Å². The zero-order valence-electron chi connectivity index (χ0n) is 19.4. The number of nitrogens with one attached hydrogen (secondary N) is 1. The van der Waals surface area contributed by atoms with Crippen molar-refractivity contribution in [3.05, 3.63) is 68.6 Å². The quantitative estimate of drug-likeness (QED) is 0.500. The van der Waals surface area contributed by atoms with Crippen molar-refractivity contribution in [2.24, 2.45) is 29.6 Å². The largest absolute Gasteiger partial charge is 0.504 e. The fourth-order valence-electron chi connectivity index (χ4n) is 7.22. The summed E-state index contributed by atoms with van der Waals surface area (Å²) in [5.41, 5.74) is 1.60. The van der Waals surface area contributed by atoms with Crippen LogP contribution in [0.5, 0.6) is 11.5 Å². The Labute approximate surface area is 215 Å². The molecule has 0 radical (unpaired) electrons. The molecule has 2 aliphatic heterocycles. The summed E-state index contributed by atoms with van der Waals surface area (Å²) in [5, 5.41) is 11.3. The molecular weight excluding hydrogens is 496 g/mol. The Balaban J connectivity index is 1.33. The number of phenols is 1. The third-order valence-corrected chi connectivity index (χ3v) is 11.0. The van der Waals surface area contributed by atoms with Gasteiger partial charge in [0.1, 0.15) is 0 Å². The first-order valence-corrected chi connectivity index (χ1v) is 14.0. The number of thioether (sulfide) groups is 1. The lowest BCUT2D eigenvalue weighted by Gasteiger charge is -2.43. The van der Waals surface area contributed by atoms with Gasteiger partial charge < -0.3 is 14.8 Å². The molecule has 2 saturated carbocycles. The maximum absolute atomic E-state index is 13.7. The molecule has 1 saturated heterocycles. The number of hydrogen-bond acceptors (Lipinski definition) is 7.